The molecule has 0 saturated carbocycles. The Bertz CT molecular complexity index is 387. The van der Waals surface area contributed by atoms with Crippen LogP contribution >= 0.6 is 11.3 Å². The summed E-state index contributed by atoms with van der Waals surface area (Å²) in [6.07, 6.45) is 1.28. The van der Waals surface area contributed by atoms with Gasteiger partial charge in [0.15, 0.2) is 5.13 Å². The van der Waals surface area contributed by atoms with Crippen molar-refractivity contribution < 1.29 is 13.7 Å². The van der Waals surface area contributed by atoms with Crippen molar-refractivity contribution in [3.8, 4) is 0 Å². The highest BCUT2D eigenvalue weighted by Crippen LogP contribution is 2.30. The van der Waals surface area contributed by atoms with Crippen LogP contribution in [0.25, 0.3) is 0 Å². The van der Waals surface area contributed by atoms with Crippen molar-refractivity contribution in [1.82, 2.24) is 9.03 Å². The number of carbonyl (C=O) groups excluding carboxylic acids is 1. The molecular formula is C9H11FN2O2S2. The van der Waals surface area contributed by atoms with E-state index in [1.54, 1.807) is 13.1 Å². The maximum atomic E-state index is 12.9. The van der Waals surface area contributed by atoms with Gasteiger partial charge in [0.2, 0.25) is 0 Å². The van der Waals surface area contributed by atoms with Crippen molar-refractivity contribution in [2.24, 2.45) is 0 Å². The molecule has 88 valence electrons. The van der Waals surface area contributed by atoms with Gasteiger partial charge in [-0.25, -0.2) is 0 Å². The number of nitrogens with zero attached hydrogens (tertiary/aromatic N) is 1. The molecule has 4 nitrogen and oxygen atoms in total. The molecule has 0 bridgehead atoms. The zero-order valence-corrected chi connectivity index (χ0v) is 10.2. The maximum Gasteiger partial charge on any atom is 0.176 e. The largest absolute Gasteiger partial charge is 0.579 e. The zero-order chi connectivity index (χ0) is 11.7. The minimum Gasteiger partial charge on any atom is -0.579 e. The minimum absolute atomic E-state index is 0.221. The highest BCUT2D eigenvalue weighted by Gasteiger charge is 2.37. The maximum absolute atomic E-state index is 12.9. The van der Waals surface area contributed by atoms with Gasteiger partial charge in [0.05, 0.1) is 6.04 Å². The molecule has 1 N–H and O–H groups in total. The summed E-state index contributed by atoms with van der Waals surface area (Å²) < 4.78 is 28.8. The van der Waals surface area contributed by atoms with Gasteiger partial charge in [-0.15, -0.1) is 20.4 Å². The standard InChI is InChI=1S/C9H11FN2O2S2/c1-12-6(5-13)4-7(11-16(12)14)8-2-3-9(10)15-8/h2-3,5-7,11H,4H2,1H3. The van der Waals surface area contributed by atoms with Crippen molar-refractivity contribution in [3.05, 3.63) is 22.1 Å². The summed E-state index contributed by atoms with van der Waals surface area (Å²) in [5.74, 6) is 0. The molecule has 0 aromatic carbocycles. The Morgan fingerprint density at radius 1 is 1.75 bits per heavy atom. The molecule has 0 radical (unpaired) electrons. The Labute approximate surface area is 99.9 Å². The second kappa shape index (κ2) is 4.80. The van der Waals surface area contributed by atoms with Crippen LogP contribution in [0.2, 0.25) is 0 Å². The van der Waals surface area contributed by atoms with E-state index in [-0.39, 0.29) is 11.2 Å². The number of hydrogen-bond donors (Lipinski definition) is 1. The van der Waals surface area contributed by atoms with Crippen LogP contribution in [0.4, 0.5) is 4.39 Å². The van der Waals surface area contributed by atoms with Gasteiger partial charge in [-0.3, -0.25) is 0 Å². The van der Waals surface area contributed by atoms with E-state index in [2.05, 4.69) is 4.72 Å². The Kier molecular flexibility index (Phi) is 3.60. The molecule has 1 aromatic rings. The van der Waals surface area contributed by atoms with E-state index in [9.17, 15) is 13.7 Å². The van der Waals surface area contributed by atoms with Gasteiger partial charge in [0, 0.05) is 11.9 Å². The fourth-order valence-electron chi connectivity index (χ4n) is 1.60. The van der Waals surface area contributed by atoms with Crippen molar-refractivity contribution in [2.75, 3.05) is 7.05 Å². The number of hydrogen-bond acceptors (Lipinski definition) is 5. The third-order valence-corrected chi connectivity index (χ3v) is 4.81. The van der Waals surface area contributed by atoms with Gasteiger partial charge < -0.3 is 9.35 Å². The molecule has 1 saturated heterocycles. The number of nitrogens with one attached hydrogen (secondary N) is 1. The van der Waals surface area contributed by atoms with E-state index in [0.29, 0.717) is 6.42 Å². The minimum atomic E-state index is -1.40. The molecule has 0 spiro atoms. The van der Waals surface area contributed by atoms with Gasteiger partial charge in [-0.05, 0) is 18.6 Å². The fourth-order valence-corrected chi connectivity index (χ4v) is 3.48. The molecule has 16 heavy (non-hydrogen) atoms. The lowest BCUT2D eigenvalue weighted by Gasteiger charge is -2.33. The van der Waals surface area contributed by atoms with Crippen LogP contribution in [0.15, 0.2) is 12.1 Å². The summed E-state index contributed by atoms with van der Waals surface area (Å²) in [7, 11) is 1.62. The molecule has 3 unspecified atom stereocenters. The van der Waals surface area contributed by atoms with Crippen LogP contribution in [0.1, 0.15) is 17.3 Å². The van der Waals surface area contributed by atoms with Crippen molar-refractivity contribution in [1.29, 1.82) is 0 Å². The van der Waals surface area contributed by atoms with Gasteiger partial charge in [0.1, 0.15) is 23.9 Å². The van der Waals surface area contributed by atoms with E-state index >= 15 is 0 Å². The summed E-state index contributed by atoms with van der Waals surface area (Å²) in [5.41, 5.74) is 0. The van der Waals surface area contributed by atoms with Crippen LogP contribution in [0.3, 0.4) is 0 Å². The van der Waals surface area contributed by atoms with Crippen LogP contribution in [0, 0.1) is 5.13 Å². The molecule has 1 aliphatic heterocycles. The Morgan fingerprint density at radius 2 is 2.50 bits per heavy atom. The predicted octanol–water partition coefficient (Wildman–Crippen LogP) is 1.000. The third-order valence-electron chi connectivity index (χ3n) is 2.54. The van der Waals surface area contributed by atoms with E-state index in [4.69, 9.17) is 0 Å². The lowest BCUT2D eigenvalue weighted by atomic mass is 10.1. The number of likely N-dealkylation sites (N-methyl/N-ethyl adjacent to an activating group) is 1. The van der Waals surface area contributed by atoms with Crippen molar-refractivity contribution >= 4 is 29.2 Å². The molecule has 2 rings (SSSR count). The third kappa shape index (κ3) is 2.28. The fraction of sp³-hybridized carbons (Fsp3) is 0.444. The molecule has 1 fully saturated rings. The zero-order valence-electron chi connectivity index (χ0n) is 8.55. The van der Waals surface area contributed by atoms with Gasteiger partial charge >= 0.3 is 0 Å². The van der Waals surface area contributed by atoms with E-state index in [1.165, 1.54) is 10.4 Å². The smallest absolute Gasteiger partial charge is 0.176 e. The predicted molar refractivity (Wildman–Crippen MR) is 60.5 cm³/mol. The lowest BCUT2D eigenvalue weighted by Crippen LogP contribution is -2.52. The topological polar surface area (TPSA) is 55.4 Å². The summed E-state index contributed by atoms with van der Waals surface area (Å²) in [6.45, 7) is 0. The normalized spacial score (nSPS) is 31.6. The Balaban J connectivity index is 2.15. The summed E-state index contributed by atoms with van der Waals surface area (Å²) in [6, 6.07) is 2.42. The summed E-state index contributed by atoms with van der Waals surface area (Å²) in [4.78, 5) is 11.6. The molecule has 1 aromatic heterocycles. The van der Waals surface area contributed by atoms with Crippen molar-refractivity contribution in [2.45, 2.75) is 18.5 Å². The number of carbonyl (C=O) groups is 1. The van der Waals surface area contributed by atoms with Crippen LogP contribution < -0.4 is 4.72 Å². The van der Waals surface area contributed by atoms with Crippen LogP contribution in [0.5, 0.6) is 0 Å². The van der Waals surface area contributed by atoms with E-state index in [0.717, 1.165) is 22.5 Å². The average Bonchev–Trinajstić information content (AvgIpc) is 2.69. The first-order valence-corrected chi connectivity index (χ1v) is 6.65. The highest BCUT2D eigenvalue weighted by molar-refractivity contribution is 7.87. The SMILES string of the molecule is CN1C(C=O)CC(c2ccc(F)s2)N[S+]1[O-]. The molecule has 2 heterocycles. The van der Waals surface area contributed by atoms with Gasteiger partial charge in [0.25, 0.3) is 0 Å². The highest BCUT2D eigenvalue weighted by atomic mass is 32.2. The first-order chi connectivity index (χ1) is 7.61. The van der Waals surface area contributed by atoms with Crippen LogP contribution in [-0.4, -0.2) is 28.2 Å². The second-order valence-electron chi connectivity index (χ2n) is 3.55. The molecule has 1 aliphatic rings. The molecule has 0 aliphatic carbocycles. The second-order valence-corrected chi connectivity index (χ2v) is 5.92. The van der Waals surface area contributed by atoms with Gasteiger partial charge in [-0.2, -0.15) is 4.39 Å². The summed E-state index contributed by atoms with van der Waals surface area (Å²) in [5, 5.41) is -0.274. The first-order valence-electron chi connectivity index (χ1n) is 4.73. The van der Waals surface area contributed by atoms with Crippen molar-refractivity contribution in [3.63, 3.8) is 0 Å². The van der Waals surface area contributed by atoms with E-state index in [1.807, 2.05) is 0 Å². The van der Waals surface area contributed by atoms with Gasteiger partial charge in [-0.1, -0.05) is 0 Å². The molecule has 3 atom stereocenters. The first kappa shape index (κ1) is 12.0. The number of halogens is 1. The number of aldehydes is 1. The van der Waals surface area contributed by atoms with E-state index < -0.39 is 17.6 Å². The monoisotopic (exact) mass is 262 g/mol. The quantitative estimate of drug-likeness (QED) is 0.638. The lowest BCUT2D eigenvalue weighted by molar-refractivity contribution is -0.111. The Hall–Kier alpha value is -0.470. The molecule has 0 amide bonds. The number of thiophene rings is 1. The Morgan fingerprint density at radius 3 is 3.06 bits per heavy atom. The molecule has 7 heteroatoms. The summed E-state index contributed by atoms with van der Waals surface area (Å²) >= 11 is -0.388. The number of rotatable bonds is 2. The molecular weight excluding hydrogens is 251 g/mol. The average molecular weight is 262 g/mol. The van der Waals surface area contributed by atoms with Crippen LogP contribution in [-0.2, 0) is 16.3 Å².